The summed E-state index contributed by atoms with van der Waals surface area (Å²) in [5, 5.41) is 0. The van der Waals surface area contributed by atoms with E-state index in [-0.39, 0.29) is 0 Å². The van der Waals surface area contributed by atoms with Crippen molar-refractivity contribution in [1.29, 1.82) is 0 Å². The van der Waals surface area contributed by atoms with Gasteiger partial charge in [-0.05, 0) is 32.4 Å². The zero-order valence-electron chi connectivity index (χ0n) is 16.5. The summed E-state index contributed by atoms with van der Waals surface area (Å²) in [7, 11) is -5.17. The second kappa shape index (κ2) is 8.17. The average molecular weight is 451 g/mol. The Hall–Kier alpha value is -2.76. The van der Waals surface area contributed by atoms with E-state index >= 15 is 0 Å². The average Bonchev–Trinajstić information content (AvgIpc) is 2.98. The predicted molar refractivity (Wildman–Crippen MR) is 97.2 cm³/mol. The number of esters is 1. The lowest BCUT2D eigenvalue weighted by Crippen LogP contribution is -2.47. The highest BCUT2D eigenvalue weighted by Crippen LogP contribution is 2.39. The summed E-state index contributed by atoms with van der Waals surface area (Å²) in [4.78, 5) is 25.9. The molecule has 0 radical (unpaired) electrons. The molecule has 0 saturated heterocycles. The third-order valence-corrected chi connectivity index (χ3v) is 4.81. The van der Waals surface area contributed by atoms with Crippen LogP contribution in [0.1, 0.15) is 32.4 Å². The first-order valence-corrected chi connectivity index (χ1v) is 9.95. The molecule has 0 aromatic heterocycles. The minimum atomic E-state index is -6.10. The number of amides is 1. The summed E-state index contributed by atoms with van der Waals surface area (Å²) < 4.78 is 75.6. The Morgan fingerprint density at radius 2 is 1.63 bits per heavy atom. The Morgan fingerprint density at radius 3 is 2.10 bits per heavy atom. The maximum absolute atomic E-state index is 12.8. The molecular weight excluding hydrogens is 431 g/mol. The lowest BCUT2D eigenvalue weighted by molar-refractivity contribution is -0.146. The van der Waals surface area contributed by atoms with Gasteiger partial charge in [-0.2, -0.15) is 21.6 Å². The summed E-state index contributed by atoms with van der Waals surface area (Å²) in [5.74, 6) is -2.12. The van der Waals surface area contributed by atoms with Gasteiger partial charge in [0.2, 0.25) is 0 Å². The number of hydrogen-bond donors (Lipinski definition) is 0. The second-order valence-corrected chi connectivity index (χ2v) is 8.76. The quantitative estimate of drug-likeness (QED) is 0.394. The van der Waals surface area contributed by atoms with Gasteiger partial charge < -0.3 is 13.7 Å². The van der Waals surface area contributed by atoms with Crippen LogP contribution in [0.5, 0.6) is 0 Å². The smallest absolute Gasteiger partial charge is 0.467 e. The molecule has 1 unspecified atom stereocenters. The molecule has 1 aliphatic rings. The van der Waals surface area contributed by atoms with E-state index in [1.165, 1.54) is 12.1 Å². The highest BCUT2D eigenvalue weighted by Gasteiger charge is 2.53. The number of methoxy groups -OCH3 is 1. The van der Waals surface area contributed by atoms with Gasteiger partial charge in [-0.25, -0.2) is 9.59 Å². The molecule has 0 N–H and O–H groups in total. The monoisotopic (exact) mass is 451 g/mol. The van der Waals surface area contributed by atoms with Gasteiger partial charge >= 0.3 is 27.7 Å². The summed E-state index contributed by atoms with van der Waals surface area (Å²) in [5.41, 5.74) is -6.38. The predicted octanol–water partition coefficient (Wildman–Crippen LogP) is 3.27. The molecule has 30 heavy (non-hydrogen) atoms. The summed E-state index contributed by atoms with van der Waals surface area (Å²) >= 11 is 0. The molecular formula is C18H20F3NO7S. The molecule has 1 amide bonds. The maximum Gasteiger partial charge on any atom is 0.534 e. The molecule has 1 heterocycles. The van der Waals surface area contributed by atoms with Gasteiger partial charge in [0.15, 0.2) is 11.8 Å². The van der Waals surface area contributed by atoms with Crippen molar-refractivity contribution in [2.75, 3.05) is 7.11 Å². The first-order valence-electron chi connectivity index (χ1n) is 8.54. The van der Waals surface area contributed by atoms with Crippen LogP contribution in [0.4, 0.5) is 18.0 Å². The van der Waals surface area contributed by atoms with Crippen LogP contribution in [0.25, 0.3) is 0 Å². The van der Waals surface area contributed by atoms with Crippen molar-refractivity contribution in [3.05, 3.63) is 47.7 Å². The number of benzene rings is 1. The Bertz CT molecular complexity index is 937. The number of nitrogens with zero attached hydrogens (tertiary/aromatic N) is 1. The highest BCUT2D eigenvalue weighted by molar-refractivity contribution is 7.87. The van der Waals surface area contributed by atoms with Gasteiger partial charge in [0.25, 0.3) is 0 Å². The van der Waals surface area contributed by atoms with Crippen molar-refractivity contribution in [3.8, 4) is 0 Å². The molecule has 1 aromatic carbocycles. The molecule has 0 spiro atoms. The van der Waals surface area contributed by atoms with E-state index in [1.807, 2.05) is 0 Å². The van der Waals surface area contributed by atoms with Crippen LogP contribution in [0, 0.1) is 0 Å². The minimum Gasteiger partial charge on any atom is -0.467 e. The standard InChI is InChI=1S/C18H20F3NO7S/c1-17(2,3)28-16(24)22-12(11-8-6-5-7-9-11)10-13(14(22)15(23)27-4)29-30(25,26)18(19,20)21/h5-10,12,14H,1-4H3/t12-,14?/m1/s1. The van der Waals surface area contributed by atoms with Crippen molar-refractivity contribution in [3.63, 3.8) is 0 Å². The van der Waals surface area contributed by atoms with E-state index < -0.39 is 51.1 Å². The fraction of sp³-hybridized carbons (Fsp3) is 0.444. The van der Waals surface area contributed by atoms with E-state index in [1.54, 1.807) is 39.0 Å². The summed E-state index contributed by atoms with van der Waals surface area (Å²) in [6, 6.07) is 4.85. The normalized spacial score (nSPS) is 19.8. The molecule has 0 fully saturated rings. The first kappa shape index (κ1) is 23.5. The second-order valence-electron chi connectivity index (χ2n) is 7.22. The van der Waals surface area contributed by atoms with Gasteiger partial charge in [0.05, 0.1) is 13.2 Å². The molecule has 8 nitrogen and oxygen atoms in total. The lowest BCUT2D eigenvalue weighted by atomic mass is 10.1. The van der Waals surface area contributed by atoms with Crippen molar-refractivity contribution < 1.29 is 44.8 Å². The van der Waals surface area contributed by atoms with Crippen LogP contribution in [0.2, 0.25) is 0 Å². The fourth-order valence-corrected chi connectivity index (χ4v) is 3.15. The highest BCUT2D eigenvalue weighted by atomic mass is 32.2. The molecule has 2 rings (SSSR count). The van der Waals surface area contributed by atoms with Gasteiger partial charge in [0.1, 0.15) is 5.60 Å². The van der Waals surface area contributed by atoms with Crippen molar-refractivity contribution in [1.82, 2.24) is 4.90 Å². The Kier molecular flexibility index (Phi) is 6.40. The van der Waals surface area contributed by atoms with E-state index in [4.69, 9.17) is 4.74 Å². The number of alkyl halides is 3. The van der Waals surface area contributed by atoms with E-state index in [9.17, 15) is 31.2 Å². The van der Waals surface area contributed by atoms with E-state index in [0.29, 0.717) is 5.56 Å². The Morgan fingerprint density at radius 1 is 1.07 bits per heavy atom. The number of carbonyl (C=O) groups is 2. The number of hydrogen-bond acceptors (Lipinski definition) is 7. The largest absolute Gasteiger partial charge is 0.534 e. The van der Waals surface area contributed by atoms with Crippen molar-refractivity contribution in [2.45, 2.75) is 44.0 Å². The molecule has 0 aliphatic carbocycles. The number of rotatable bonds is 4. The van der Waals surface area contributed by atoms with Crippen LogP contribution >= 0.6 is 0 Å². The minimum absolute atomic E-state index is 0.375. The SMILES string of the molecule is COC(=O)C1C(OS(=O)(=O)C(F)(F)F)=C[C@H](c2ccccc2)N1C(=O)OC(C)(C)C. The molecule has 12 heteroatoms. The molecule has 0 bridgehead atoms. The topological polar surface area (TPSA) is 99.2 Å². The maximum atomic E-state index is 12.8. The van der Waals surface area contributed by atoms with Gasteiger partial charge in [0, 0.05) is 0 Å². The lowest BCUT2D eigenvalue weighted by Gasteiger charge is -2.32. The molecule has 2 atom stereocenters. The zero-order chi connectivity index (χ0) is 22.9. The third kappa shape index (κ3) is 5.04. The molecule has 166 valence electrons. The molecule has 1 aliphatic heterocycles. The molecule has 1 aromatic rings. The fourth-order valence-electron chi connectivity index (χ4n) is 2.65. The van der Waals surface area contributed by atoms with Gasteiger partial charge in [-0.1, -0.05) is 30.3 Å². The number of halogens is 3. The van der Waals surface area contributed by atoms with Crippen LogP contribution in [0.15, 0.2) is 42.2 Å². The first-order chi connectivity index (χ1) is 13.7. The third-order valence-electron chi connectivity index (χ3n) is 3.83. The van der Waals surface area contributed by atoms with Crippen molar-refractivity contribution >= 4 is 22.2 Å². The van der Waals surface area contributed by atoms with Gasteiger partial charge in [-0.3, -0.25) is 4.90 Å². The van der Waals surface area contributed by atoms with Crippen molar-refractivity contribution in [2.24, 2.45) is 0 Å². The Labute approximate surface area is 171 Å². The number of ether oxygens (including phenoxy) is 2. The van der Waals surface area contributed by atoms with Crippen LogP contribution in [-0.2, 0) is 28.6 Å². The van der Waals surface area contributed by atoms with Gasteiger partial charge in [-0.15, -0.1) is 0 Å². The van der Waals surface area contributed by atoms with E-state index in [2.05, 4.69) is 8.92 Å². The van der Waals surface area contributed by atoms with Crippen LogP contribution < -0.4 is 0 Å². The van der Waals surface area contributed by atoms with Crippen LogP contribution in [0.3, 0.4) is 0 Å². The summed E-state index contributed by atoms with van der Waals surface area (Å²) in [6.07, 6.45) is -0.143. The summed E-state index contributed by atoms with van der Waals surface area (Å²) in [6.45, 7) is 4.64. The van der Waals surface area contributed by atoms with Crippen LogP contribution in [-0.4, -0.2) is 49.6 Å². The Balaban J connectivity index is 2.59. The van der Waals surface area contributed by atoms with E-state index in [0.717, 1.165) is 18.1 Å². The number of carbonyl (C=O) groups excluding carboxylic acids is 2. The molecule has 0 saturated carbocycles. The zero-order valence-corrected chi connectivity index (χ0v) is 17.3.